The summed E-state index contributed by atoms with van der Waals surface area (Å²) in [6.45, 7) is 7.38. The average molecular weight is 355 g/mol. The van der Waals surface area contributed by atoms with Crippen LogP contribution in [-0.2, 0) is 13.9 Å². The van der Waals surface area contributed by atoms with Gasteiger partial charge in [-0.2, -0.15) is 0 Å². The normalized spacial score (nSPS) is 27.1. The largest absolute Gasteiger partial charge is 0.237 e. The Hall–Kier alpha value is -0.990. The third kappa shape index (κ3) is 3.75. The van der Waals surface area contributed by atoms with Gasteiger partial charge in [0.2, 0.25) is 0 Å². The van der Waals surface area contributed by atoms with Gasteiger partial charge in [0.1, 0.15) is 4.08 Å². The second-order valence-corrected chi connectivity index (χ2v) is 11.2. The van der Waals surface area contributed by atoms with Crippen molar-refractivity contribution in [3.05, 3.63) is 35.4 Å². The Morgan fingerprint density at radius 1 is 1.30 bits per heavy atom. The Morgan fingerprint density at radius 3 is 2.39 bits per heavy atom. The van der Waals surface area contributed by atoms with Crippen LogP contribution in [0.15, 0.2) is 24.3 Å². The Labute approximate surface area is 143 Å². The van der Waals surface area contributed by atoms with Crippen molar-refractivity contribution in [3.8, 4) is 11.8 Å². The second kappa shape index (κ2) is 6.49. The van der Waals surface area contributed by atoms with Crippen LogP contribution in [0.1, 0.15) is 38.8 Å². The Bertz CT molecular complexity index is 721. The van der Waals surface area contributed by atoms with Gasteiger partial charge in [-0.25, -0.2) is 12.8 Å². The molecule has 2 nitrogen and oxygen atoms in total. The van der Waals surface area contributed by atoms with Crippen molar-refractivity contribution in [3.63, 3.8) is 0 Å². The standard InChI is InChI=1S/C18H23FO2S2/c1-17(2,3)16-12-22-18(4,23(20,21)13-16)15-9-7-14(8-10-15)6-5-11-19/h7-10,16H,11-13H2,1-4H3/t16-,18-/m0/s1. The highest BCUT2D eigenvalue weighted by Gasteiger charge is 2.48. The Balaban J connectivity index is 2.32. The summed E-state index contributed by atoms with van der Waals surface area (Å²) in [6.07, 6.45) is 0. The molecule has 1 aliphatic rings. The number of alkyl halides is 1. The van der Waals surface area contributed by atoms with E-state index in [2.05, 4.69) is 32.6 Å². The van der Waals surface area contributed by atoms with Crippen molar-refractivity contribution in [2.24, 2.45) is 11.3 Å². The van der Waals surface area contributed by atoms with E-state index in [4.69, 9.17) is 0 Å². The van der Waals surface area contributed by atoms with Crippen LogP contribution in [0.25, 0.3) is 0 Å². The minimum atomic E-state index is -3.27. The molecule has 0 spiro atoms. The molecule has 2 rings (SSSR count). The maximum atomic E-state index is 12.9. The van der Waals surface area contributed by atoms with Crippen molar-refractivity contribution in [2.45, 2.75) is 31.8 Å². The summed E-state index contributed by atoms with van der Waals surface area (Å²) < 4.78 is 37.0. The fourth-order valence-electron chi connectivity index (χ4n) is 2.58. The second-order valence-electron chi connectivity index (χ2n) is 7.11. The topological polar surface area (TPSA) is 34.1 Å². The van der Waals surface area contributed by atoms with Gasteiger partial charge in [-0.15, -0.1) is 11.8 Å². The lowest BCUT2D eigenvalue weighted by molar-refractivity contribution is 0.287. The SMILES string of the molecule is CC(C)(C)[C@H]1CS[C@](C)(c2ccc(C#CCF)cc2)S(=O)(=O)C1. The number of sulfone groups is 1. The van der Waals surface area contributed by atoms with Crippen molar-refractivity contribution < 1.29 is 12.8 Å². The fourth-order valence-corrected chi connectivity index (χ4v) is 7.25. The molecule has 0 radical (unpaired) electrons. The molecule has 126 valence electrons. The van der Waals surface area contributed by atoms with Crippen molar-refractivity contribution in [2.75, 3.05) is 18.2 Å². The first-order valence-electron chi connectivity index (χ1n) is 7.62. The highest BCUT2D eigenvalue weighted by Crippen LogP contribution is 2.49. The van der Waals surface area contributed by atoms with Gasteiger partial charge in [0.05, 0.1) is 5.75 Å². The quantitative estimate of drug-likeness (QED) is 0.715. The smallest absolute Gasteiger partial charge is 0.169 e. The number of rotatable bonds is 1. The highest BCUT2D eigenvalue weighted by molar-refractivity contribution is 8.14. The van der Waals surface area contributed by atoms with Crippen LogP contribution in [0.5, 0.6) is 0 Å². The molecule has 0 saturated carbocycles. The maximum absolute atomic E-state index is 12.9. The third-order valence-corrected chi connectivity index (χ3v) is 9.24. The van der Waals surface area contributed by atoms with Gasteiger partial charge in [-0.3, -0.25) is 0 Å². The molecule has 1 aliphatic heterocycles. The molecule has 2 atom stereocenters. The van der Waals surface area contributed by atoms with Crippen LogP contribution in [0.2, 0.25) is 0 Å². The summed E-state index contributed by atoms with van der Waals surface area (Å²) in [6, 6.07) is 7.11. The van der Waals surface area contributed by atoms with E-state index in [1.807, 2.05) is 0 Å². The molecule has 0 bridgehead atoms. The Morgan fingerprint density at radius 2 is 1.91 bits per heavy atom. The molecule has 0 N–H and O–H groups in total. The lowest BCUT2D eigenvalue weighted by Gasteiger charge is -2.41. The van der Waals surface area contributed by atoms with E-state index in [0.29, 0.717) is 5.56 Å². The summed E-state index contributed by atoms with van der Waals surface area (Å²) in [7, 11) is -3.27. The van der Waals surface area contributed by atoms with Gasteiger partial charge in [-0.1, -0.05) is 44.7 Å². The molecule has 1 saturated heterocycles. The van der Waals surface area contributed by atoms with E-state index in [1.54, 1.807) is 31.2 Å². The van der Waals surface area contributed by atoms with Crippen LogP contribution < -0.4 is 0 Å². The third-order valence-electron chi connectivity index (χ3n) is 4.51. The zero-order valence-corrected chi connectivity index (χ0v) is 15.7. The summed E-state index contributed by atoms with van der Waals surface area (Å²) in [5, 5.41) is 0. The molecular weight excluding hydrogens is 331 g/mol. The first-order chi connectivity index (χ1) is 10.6. The zero-order chi connectivity index (χ0) is 17.3. The van der Waals surface area contributed by atoms with Gasteiger partial charge in [-0.05, 0) is 41.7 Å². The first kappa shape index (κ1) is 18.4. The van der Waals surface area contributed by atoms with E-state index >= 15 is 0 Å². The van der Waals surface area contributed by atoms with E-state index < -0.39 is 20.6 Å². The molecule has 0 aliphatic carbocycles. The zero-order valence-electron chi connectivity index (χ0n) is 14.0. The first-order valence-corrected chi connectivity index (χ1v) is 10.3. The number of thioether (sulfide) groups is 1. The van der Waals surface area contributed by atoms with Gasteiger partial charge in [0.25, 0.3) is 0 Å². The molecule has 0 amide bonds. The van der Waals surface area contributed by atoms with Crippen LogP contribution in [0.3, 0.4) is 0 Å². The Kier molecular flexibility index (Phi) is 5.18. The summed E-state index contributed by atoms with van der Waals surface area (Å²) in [5.41, 5.74) is 1.44. The molecule has 23 heavy (non-hydrogen) atoms. The summed E-state index contributed by atoms with van der Waals surface area (Å²) in [4.78, 5) is 0. The number of benzene rings is 1. The van der Waals surface area contributed by atoms with Gasteiger partial charge in [0, 0.05) is 5.56 Å². The predicted octanol–water partition coefficient (Wildman–Crippen LogP) is 4.00. The lowest BCUT2D eigenvalue weighted by atomic mass is 9.83. The van der Waals surface area contributed by atoms with Crippen LogP contribution in [0, 0.1) is 23.2 Å². The minimum Gasteiger partial charge on any atom is -0.237 e. The molecule has 1 aromatic rings. The molecule has 1 aromatic carbocycles. The monoisotopic (exact) mass is 354 g/mol. The number of hydrogen-bond donors (Lipinski definition) is 0. The van der Waals surface area contributed by atoms with Crippen LogP contribution >= 0.6 is 11.8 Å². The molecule has 5 heteroatoms. The lowest BCUT2D eigenvalue weighted by Crippen LogP contribution is -2.43. The fraction of sp³-hybridized carbons (Fsp3) is 0.556. The van der Waals surface area contributed by atoms with Gasteiger partial charge < -0.3 is 0 Å². The van der Waals surface area contributed by atoms with E-state index in [9.17, 15) is 12.8 Å². The molecule has 1 fully saturated rings. The molecule has 0 unspecified atom stereocenters. The highest BCUT2D eigenvalue weighted by atomic mass is 32.3. The summed E-state index contributed by atoms with van der Waals surface area (Å²) >= 11 is 1.50. The predicted molar refractivity (Wildman–Crippen MR) is 95.8 cm³/mol. The number of halogens is 1. The minimum absolute atomic E-state index is 0.0206. The maximum Gasteiger partial charge on any atom is 0.169 e. The number of hydrogen-bond acceptors (Lipinski definition) is 3. The van der Waals surface area contributed by atoms with Gasteiger partial charge in [0.15, 0.2) is 16.5 Å². The molecular formula is C18H23FO2S2. The van der Waals surface area contributed by atoms with E-state index in [0.717, 1.165) is 11.3 Å². The van der Waals surface area contributed by atoms with Crippen LogP contribution in [0.4, 0.5) is 4.39 Å². The average Bonchev–Trinajstić information content (AvgIpc) is 2.47. The van der Waals surface area contributed by atoms with Crippen molar-refractivity contribution in [1.29, 1.82) is 0 Å². The van der Waals surface area contributed by atoms with E-state index in [1.165, 1.54) is 11.8 Å². The van der Waals surface area contributed by atoms with Gasteiger partial charge >= 0.3 is 0 Å². The molecule has 1 heterocycles. The van der Waals surface area contributed by atoms with Crippen molar-refractivity contribution in [1.82, 2.24) is 0 Å². The van der Waals surface area contributed by atoms with Crippen LogP contribution in [-0.4, -0.2) is 26.6 Å². The summed E-state index contributed by atoms with van der Waals surface area (Å²) in [5.74, 6) is 6.26. The van der Waals surface area contributed by atoms with E-state index in [-0.39, 0.29) is 17.1 Å². The molecule has 0 aromatic heterocycles. The van der Waals surface area contributed by atoms with Crippen molar-refractivity contribution >= 4 is 21.6 Å².